The third-order valence-electron chi connectivity index (χ3n) is 4.08. The van der Waals surface area contributed by atoms with Crippen molar-refractivity contribution in [2.75, 3.05) is 24.7 Å². The fraction of sp³-hybridized carbons (Fsp3) is 0.375. The Morgan fingerprint density at radius 1 is 1.16 bits per heavy atom. The lowest BCUT2D eigenvalue weighted by molar-refractivity contribution is -0.290. The maximum atomic E-state index is 13.0. The molecule has 0 aliphatic heterocycles. The number of nitrogens with one attached hydrogen (secondary N) is 1. The number of ether oxygens (including phenoxy) is 1. The molecule has 0 radical (unpaired) electrons. The van der Waals surface area contributed by atoms with Crippen LogP contribution in [0.25, 0.3) is 16.9 Å². The van der Waals surface area contributed by atoms with Crippen LogP contribution in [0.1, 0.15) is 6.92 Å². The highest BCUT2D eigenvalue weighted by atomic mass is 32.2. The van der Waals surface area contributed by atoms with Crippen molar-refractivity contribution in [3.05, 3.63) is 24.7 Å². The summed E-state index contributed by atoms with van der Waals surface area (Å²) in [5.41, 5.74) is 0.0711. The van der Waals surface area contributed by atoms with Gasteiger partial charge in [0.25, 0.3) is 0 Å². The van der Waals surface area contributed by atoms with Crippen molar-refractivity contribution in [2.45, 2.75) is 24.0 Å². The van der Waals surface area contributed by atoms with Crippen LogP contribution in [0.5, 0.6) is 5.88 Å². The van der Waals surface area contributed by atoms with Crippen LogP contribution in [0, 0.1) is 0 Å². The number of hydrogen-bond donors (Lipinski definition) is 1. The monoisotopic (exact) mass is 466 g/mol. The van der Waals surface area contributed by atoms with Crippen LogP contribution in [-0.4, -0.2) is 64.5 Å². The molecule has 3 aromatic heterocycles. The summed E-state index contributed by atoms with van der Waals surface area (Å²) in [6.45, 7) is -0.567. The Hall–Kier alpha value is -3.10. The lowest BCUT2D eigenvalue weighted by Gasteiger charge is -2.19. The molecule has 0 spiro atoms. The van der Waals surface area contributed by atoms with Gasteiger partial charge in [-0.15, -0.1) is 0 Å². The summed E-state index contributed by atoms with van der Waals surface area (Å²) in [6, 6.07) is 1.55. The standard InChI is InChI=1S/C16H15F5N6O3S/c1-3-31(28,29)14-12(13-25-10(22-2)4-5-27(13)26-14)9-6-24-11(7-23-9)30-8-15(17,18)16(19,20)21/h4-7H,3,8H2,1-2H3,(H,22,25). The number of aromatic nitrogens is 5. The Kier molecular flexibility index (Phi) is 5.73. The predicted molar refractivity (Wildman–Crippen MR) is 97.8 cm³/mol. The van der Waals surface area contributed by atoms with Crippen molar-refractivity contribution in [1.82, 2.24) is 24.6 Å². The van der Waals surface area contributed by atoms with Gasteiger partial charge in [0.1, 0.15) is 5.82 Å². The molecule has 3 rings (SSSR count). The number of hydrogen-bond acceptors (Lipinski definition) is 8. The van der Waals surface area contributed by atoms with E-state index in [1.165, 1.54) is 17.6 Å². The van der Waals surface area contributed by atoms with Crippen LogP contribution in [0.4, 0.5) is 27.8 Å². The third kappa shape index (κ3) is 4.35. The molecule has 0 atom stereocenters. The summed E-state index contributed by atoms with van der Waals surface area (Å²) in [4.78, 5) is 11.8. The number of nitrogens with zero attached hydrogens (tertiary/aromatic N) is 5. The molecule has 0 unspecified atom stereocenters. The van der Waals surface area contributed by atoms with E-state index in [4.69, 9.17) is 0 Å². The van der Waals surface area contributed by atoms with Crippen molar-refractivity contribution < 1.29 is 35.1 Å². The number of sulfone groups is 1. The van der Waals surface area contributed by atoms with Crippen molar-refractivity contribution in [3.8, 4) is 17.1 Å². The van der Waals surface area contributed by atoms with E-state index < -0.39 is 34.4 Å². The van der Waals surface area contributed by atoms with E-state index in [1.807, 2.05) is 0 Å². The van der Waals surface area contributed by atoms with Gasteiger partial charge in [-0.1, -0.05) is 6.92 Å². The molecule has 0 saturated carbocycles. The molecule has 3 heterocycles. The summed E-state index contributed by atoms with van der Waals surface area (Å²) in [5, 5.41) is 6.50. The van der Waals surface area contributed by atoms with Gasteiger partial charge in [-0.05, 0) is 6.07 Å². The van der Waals surface area contributed by atoms with Crippen molar-refractivity contribution in [2.24, 2.45) is 0 Å². The maximum Gasteiger partial charge on any atom is 0.456 e. The zero-order valence-electron chi connectivity index (χ0n) is 16.0. The minimum atomic E-state index is -5.78. The van der Waals surface area contributed by atoms with Gasteiger partial charge in [0.05, 0.1) is 29.4 Å². The van der Waals surface area contributed by atoms with Gasteiger partial charge in [0, 0.05) is 13.2 Å². The highest BCUT2D eigenvalue weighted by molar-refractivity contribution is 7.91. The molecule has 0 fully saturated rings. The van der Waals surface area contributed by atoms with Crippen LogP contribution in [-0.2, 0) is 9.84 Å². The minimum absolute atomic E-state index is 0.00128. The quantitative estimate of drug-likeness (QED) is 0.529. The predicted octanol–water partition coefficient (Wildman–Crippen LogP) is 2.60. The second-order valence-electron chi connectivity index (χ2n) is 6.15. The van der Waals surface area contributed by atoms with E-state index in [9.17, 15) is 30.4 Å². The van der Waals surface area contributed by atoms with Gasteiger partial charge in [-0.2, -0.15) is 27.1 Å². The number of fused-ring (bicyclic) bond motifs is 1. The first kappa shape index (κ1) is 22.6. The molecule has 0 saturated heterocycles. The Morgan fingerprint density at radius 2 is 1.87 bits per heavy atom. The molecule has 9 nitrogen and oxygen atoms in total. The first-order chi connectivity index (χ1) is 14.4. The molecular formula is C16H15F5N6O3S. The Morgan fingerprint density at radius 3 is 2.42 bits per heavy atom. The van der Waals surface area contributed by atoms with Gasteiger partial charge in [-0.25, -0.2) is 27.9 Å². The number of anilines is 1. The van der Waals surface area contributed by atoms with Crippen molar-refractivity contribution >= 4 is 21.3 Å². The molecule has 15 heteroatoms. The normalized spacial score (nSPS) is 12.9. The fourth-order valence-electron chi connectivity index (χ4n) is 2.39. The SMILES string of the molecule is CCS(=O)(=O)c1nn2ccc(NC)nc2c1-c1cnc(OCC(F)(F)C(F)(F)F)cn1. The molecule has 0 aromatic carbocycles. The van der Waals surface area contributed by atoms with Crippen LogP contribution >= 0.6 is 0 Å². The van der Waals surface area contributed by atoms with E-state index in [2.05, 4.69) is 30.1 Å². The average Bonchev–Trinajstić information content (AvgIpc) is 3.11. The minimum Gasteiger partial charge on any atom is -0.470 e. The lowest BCUT2D eigenvalue weighted by atomic mass is 10.2. The molecule has 0 aliphatic rings. The molecule has 0 bridgehead atoms. The lowest BCUT2D eigenvalue weighted by Crippen LogP contribution is -2.41. The molecule has 31 heavy (non-hydrogen) atoms. The number of halogens is 5. The molecule has 1 N–H and O–H groups in total. The Labute approximate surface area is 172 Å². The second kappa shape index (κ2) is 7.86. The first-order valence-electron chi connectivity index (χ1n) is 8.59. The smallest absolute Gasteiger partial charge is 0.456 e. The average molecular weight is 466 g/mol. The Balaban J connectivity index is 2.02. The summed E-state index contributed by atoms with van der Waals surface area (Å²) in [7, 11) is -2.23. The zero-order chi connectivity index (χ0) is 23.0. The summed E-state index contributed by atoms with van der Waals surface area (Å²) < 4.78 is 93.4. The summed E-state index contributed by atoms with van der Waals surface area (Å²) >= 11 is 0. The zero-order valence-corrected chi connectivity index (χ0v) is 16.8. The molecule has 0 amide bonds. The van der Waals surface area contributed by atoms with E-state index >= 15 is 0 Å². The highest BCUT2D eigenvalue weighted by Gasteiger charge is 2.58. The van der Waals surface area contributed by atoms with Crippen LogP contribution < -0.4 is 10.1 Å². The van der Waals surface area contributed by atoms with E-state index in [0.717, 1.165) is 12.4 Å². The summed E-state index contributed by atoms with van der Waals surface area (Å²) in [6.07, 6.45) is -2.54. The number of rotatable bonds is 7. The second-order valence-corrected chi connectivity index (χ2v) is 8.34. The van der Waals surface area contributed by atoms with Crippen molar-refractivity contribution in [3.63, 3.8) is 0 Å². The third-order valence-corrected chi connectivity index (χ3v) is 5.72. The van der Waals surface area contributed by atoms with E-state index in [-0.39, 0.29) is 27.7 Å². The van der Waals surface area contributed by atoms with E-state index in [0.29, 0.717) is 5.82 Å². The van der Waals surface area contributed by atoms with Gasteiger partial charge >= 0.3 is 12.1 Å². The maximum absolute atomic E-state index is 13.0. The first-order valence-corrected chi connectivity index (χ1v) is 10.2. The van der Waals surface area contributed by atoms with Gasteiger partial charge in [-0.3, -0.25) is 0 Å². The molecular weight excluding hydrogens is 451 g/mol. The van der Waals surface area contributed by atoms with Gasteiger partial charge in [0.15, 0.2) is 27.1 Å². The van der Waals surface area contributed by atoms with Crippen LogP contribution in [0.15, 0.2) is 29.7 Å². The van der Waals surface area contributed by atoms with Gasteiger partial charge in [0.2, 0.25) is 5.88 Å². The number of alkyl halides is 5. The summed E-state index contributed by atoms with van der Waals surface area (Å²) in [5.74, 6) is -5.56. The topological polar surface area (TPSA) is 111 Å². The van der Waals surface area contributed by atoms with Gasteiger partial charge < -0.3 is 10.1 Å². The molecule has 0 aliphatic carbocycles. The largest absolute Gasteiger partial charge is 0.470 e. The van der Waals surface area contributed by atoms with E-state index in [1.54, 1.807) is 13.1 Å². The van der Waals surface area contributed by atoms with Crippen molar-refractivity contribution in [1.29, 1.82) is 0 Å². The fourth-order valence-corrected chi connectivity index (χ4v) is 3.39. The van der Waals surface area contributed by atoms with Crippen LogP contribution in [0.2, 0.25) is 0 Å². The Bertz CT molecular complexity index is 1190. The highest BCUT2D eigenvalue weighted by Crippen LogP contribution is 2.36. The molecule has 168 valence electrons. The van der Waals surface area contributed by atoms with Crippen LogP contribution in [0.3, 0.4) is 0 Å². The molecule has 3 aromatic rings.